The van der Waals surface area contributed by atoms with Gasteiger partial charge in [0.25, 0.3) is 5.91 Å². The zero-order valence-electron chi connectivity index (χ0n) is 13.8. The highest BCUT2D eigenvalue weighted by Crippen LogP contribution is 2.20. The van der Waals surface area contributed by atoms with Crippen molar-refractivity contribution >= 4 is 33.3 Å². The number of nitrogens with zero attached hydrogens (tertiary/aromatic N) is 2. The van der Waals surface area contributed by atoms with E-state index in [1.165, 1.54) is 0 Å². The van der Waals surface area contributed by atoms with E-state index in [1.54, 1.807) is 13.0 Å². The van der Waals surface area contributed by atoms with Crippen LogP contribution in [0.2, 0.25) is 0 Å². The number of carbonyl (C=O) groups is 1. The summed E-state index contributed by atoms with van der Waals surface area (Å²) in [5, 5.41) is 6.09. The van der Waals surface area contributed by atoms with Crippen molar-refractivity contribution in [2.24, 2.45) is 5.92 Å². The lowest BCUT2D eigenvalue weighted by atomic mass is 10.2. The Balaban J connectivity index is 2.16. The summed E-state index contributed by atoms with van der Waals surface area (Å²) >= 11 is 3.45. The van der Waals surface area contributed by atoms with Gasteiger partial charge in [0.1, 0.15) is 17.3 Å². The quantitative estimate of drug-likeness (QED) is 0.821. The maximum absolute atomic E-state index is 12.4. The number of anilines is 2. The Morgan fingerprint density at radius 3 is 2.61 bits per heavy atom. The molecule has 1 heterocycles. The molecule has 0 saturated carbocycles. The van der Waals surface area contributed by atoms with E-state index < -0.39 is 0 Å². The number of hydrogen-bond donors (Lipinski definition) is 2. The molecule has 2 N–H and O–H groups in total. The lowest BCUT2D eigenvalue weighted by Gasteiger charge is -2.11. The van der Waals surface area contributed by atoms with Gasteiger partial charge in [0.2, 0.25) is 0 Å². The van der Waals surface area contributed by atoms with Gasteiger partial charge < -0.3 is 10.6 Å². The zero-order chi connectivity index (χ0) is 17.0. The molecule has 1 amide bonds. The molecule has 23 heavy (non-hydrogen) atoms. The minimum atomic E-state index is -0.246. The number of aryl methyl sites for hydroxylation is 2. The molecule has 0 spiro atoms. The molecule has 1 aromatic heterocycles. The van der Waals surface area contributed by atoms with Crippen LogP contribution in [0, 0.1) is 19.8 Å². The van der Waals surface area contributed by atoms with E-state index in [-0.39, 0.29) is 5.91 Å². The first-order chi connectivity index (χ1) is 10.8. The molecule has 0 aliphatic carbocycles. The van der Waals surface area contributed by atoms with E-state index in [2.05, 4.69) is 50.4 Å². The summed E-state index contributed by atoms with van der Waals surface area (Å²) in [6.07, 6.45) is 0. The number of hydrogen-bond acceptors (Lipinski definition) is 4. The highest BCUT2D eigenvalue weighted by atomic mass is 79.9. The van der Waals surface area contributed by atoms with E-state index in [0.717, 1.165) is 22.3 Å². The van der Waals surface area contributed by atoms with E-state index >= 15 is 0 Å². The summed E-state index contributed by atoms with van der Waals surface area (Å²) in [5.41, 5.74) is 2.15. The third kappa shape index (κ3) is 5.03. The lowest BCUT2D eigenvalue weighted by molar-refractivity contribution is 0.102. The standard InChI is InChI=1S/C17H21BrN4O/c1-10(2)9-19-16-8-15(20-12(4)21-16)17(23)22-13-5-6-14(18)11(3)7-13/h5-8,10H,9H2,1-4H3,(H,22,23)(H,19,20,21). The van der Waals surface area contributed by atoms with Crippen LogP contribution in [0.15, 0.2) is 28.7 Å². The zero-order valence-corrected chi connectivity index (χ0v) is 15.4. The van der Waals surface area contributed by atoms with E-state index in [1.807, 2.05) is 25.1 Å². The Bertz CT molecular complexity index is 716. The van der Waals surface area contributed by atoms with Gasteiger partial charge in [-0.1, -0.05) is 29.8 Å². The van der Waals surface area contributed by atoms with Gasteiger partial charge in [0.15, 0.2) is 0 Å². The molecule has 0 unspecified atom stereocenters. The van der Waals surface area contributed by atoms with Gasteiger partial charge in [-0.3, -0.25) is 4.79 Å². The van der Waals surface area contributed by atoms with Crippen molar-refractivity contribution in [3.63, 3.8) is 0 Å². The van der Waals surface area contributed by atoms with E-state index in [4.69, 9.17) is 0 Å². The van der Waals surface area contributed by atoms with Gasteiger partial charge in [0, 0.05) is 22.8 Å². The molecule has 5 nitrogen and oxygen atoms in total. The van der Waals surface area contributed by atoms with Gasteiger partial charge >= 0.3 is 0 Å². The van der Waals surface area contributed by atoms with Crippen LogP contribution in [-0.2, 0) is 0 Å². The van der Waals surface area contributed by atoms with Gasteiger partial charge in [-0.25, -0.2) is 9.97 Å². The van der Waals surface area contributed by atoms with Crippen LogP contribution in [0.5, 0.6) is 0 Å². The number of carbonyl (C=O) groups excluding carboxylic acids is 1. The van der Waals surface area contributed by atoms with E-state index in [0.29, 0.717) is 23.3 Å². The first-order valence-corrected chi connectivity index (χ1v) is 8.31. The van der Waals surface area contributed by atoms with Crippen LogP contribution in [0.25, 0.3) is 0 Å². The van der Waals surface area contributed by atoms with Crippen molar-refractivity contribution in [3.05, 3.63) is 45.8 Å². The number of rotatable bonds is 5. The average Bonchev–Trinajstić information content (AvgIpc) is 2.48. The summed E-state index contributed by atoms with van der Waals surface area (Å²) in [6.45, 7) is 8.78. The molecule has 0 aliphatic rings. The fourth-order valence-corrected chi connectivity index (χ4v) is 2.25. The highest BCUT2D eigenvalue weighted by Gasteiger charge is 2.11. The number of amides is 1. The number of aromatic nitrogens is 2. The molecule has 0 saturated heterocycles. The maximum atomic E-state index is 12.4. The predicted molar refractivity (Wildman–Crippen MR) is 96.9 cm³/mol. The molecule has 0 bridgehead atoms. The summed E-state index contributed by atoms with van der Waals surface area (Å²) in [7, 11) is 0. The molecule has 0 fully saturated rings. The Hall–Kier alpha value is -1.95. The molecule has 0 aliphatic heterocycles. The van der Waals surface area contributed by atoms with Crippen LogP contribution in [0.4, 0.5) is 11.5 Å². The van der Waals surface area contributed by atoms with Crippen molar-refractivity contribution in [1.29, 1.82) is 0 Å². The molecule has 122 valence electrons. The van der Waals surface area contributed by atoms with Crippen LogP contribution in [0.3, 0.4) is 0 Å². The number of nitrogens with one attached hydrogen (secondary N) is 2. The van der Waals surface area contributed by atoms with Gasteiger partial charge in [0.05, 0.1) is 0 Å². The van der Waals surface area contributed by atoms with Crippen LogP contribution < -0.4 is 10.6 Å². The molecular formula is C17H21BrN4O. The SMILES string of the molecule is Cc1nc(NCC(C)C)cc(C(=O)Nc2ccc(Br)c(C)c2)n1. The molecule has 2 rings (SSSR count). The van der Waals surface area contributed by atoms with E-state index in [9.17, 15) is 4.79 Å². The van der Waals surface area contributed by atoms with Crippen molar-refractivity contribution in [3.8, 4) is 0 Å². The number of benzene rings is 1. The van der Waals surface area contributed by atoms with Gasteiger partial charge in [-0.15, -0.1) is 0 Å². The first kappa shape index (κ1) is 17.4. The van der Waals surface area contributed by atoms with Crippen molar-refractivity contribution < 1.29 is 4.79 Å². The summed E-state index contributed by atoms with van der Waals surface area (Å²) in [5.74, 6) is 1.48. The topological polar surface area (TPSA) is 66.9 Å². The fourth-order valence-electron chi connectivity index (χ4n) is 2.00. The Labute approximate surface area is 145 Å². The molecule has 2 aromatic rings. The average molecular weight is 377 g/mol. The molecule has 6 heteroatoms. The molecule has 1 aromatic carbocycles. The molecular weight excluding hydrogens is 356 g/mol. The van der Waals surface area contributed by atoms with Gasteiger partial charge in [-0.05, 0) is 43.5 Å². The third-order valence-electron chi connectivity index (χ3n) is 3.18. The third-order valence-corrected chi connectivity index (χ3v) is 4.07. The predicted octanol–water partition coefficient (Wildman–Crippen LogP) is 4.18. The second-order valence-corrected chi connectivity index (χ2v) is 6.73. The largest absolute Gasteiger partial charge is 0.370 e. The number of halogens is 1. The first-order valence-electron chi connectivity index (χ1n) is 7.52. The highest BCUT2D eigenvalue weighted by molar-refractivity contribution is 9.10. The van der Waals surface area contributed by atoms with Crippen molar-refractivity contribution in [1.82, 2.24) is 9.97 Å². The molecule has 0 radical (unpaired) electrons. The monoisotopic (exact) mass is 376 g/mol. The smallest absolute Gasteiger partial charge is 0.274 e. The molecule has 0 atom stereocenters. The Morgan fingerprint density at radius 2 is 1.96 bits per heavy atom. The normalized spacial score (nSPS) is 10.7. The van der Waals surface area contributed by atoms with Crippen LogP contribution in [0.1, 0.15) is 35.7 Å². The van der Waals surface area contributed by atoms with Gasteiger partial charge in [-0.2, -0.15) is 0 Å². The summed E-state index contributed by atoms with van der Waals surface area (Å²) in [6, 6.07) is 7.34. The van der Waals surface area contributed by atoms with Crippen LogP contribution in [-0.4, -0.2) is 22.4 Å². The Kier molecular flexibility index (Phi) is 5.71. The van der Waals surface area contributed by atoms with Crippen molar-refractivity contribution in [2.45, 2.75) is 27.7 Å². The summed E-state index contributed by atoms with van der Waals surface area (Å²) in [4.78, 5) is 20.9. The Morgan fingerprint density at radius 1 is 1.22 bits per heavy atom. The second kappa shape index (κ2) is 7.55. The maximum Gasteiger partial charge on any atom is 0.274 e. The fraction of sp³-hybridized carbons (Fsp3) is 0.353. The van der Waals surface area contributed by atoms with Crippen molar-refractivity contribution in [2.75, 3.05) is 17.2 Å². The minimum absolute atomic E-state index is 0.246. The second-order valence-electron chi connectivity index (χ2n) is 5.88. The lowest BCUT2D eigenvalue weighted by Crippen LogP contribution is -2.17. The van der Waals surface area contributed by atoms with Crippen LogP contribution >= 0.6 is 15.9 Å². The minimum Gasteiger partial charge on any atom is -0.370 e. The summed E-state index contributed by atoms with van der Waals surface area (Å²) < 4.78 is 1.01.